The molecule has 0 atom stereocenters. The molecule has 0 unspecified atom stereocenters. The van der Waals surface area contributed by atoms with Crippen LogP contribution < -0.4 is 0 Å². The highest BCUT2D eigenvalue weighted by Crippen LogP contribution is 2.33. The van der Waals surface area contributed by atoms with Gasteiger partial charge >= 0.3 is 0 Å². The highest BCUT2D eigenvalue weighted by atomic mass is 14.9. The molecule has 8 aromatic rings. The minimum Gasteiger partial charge on any atom is -0.264 e. The highest BCUT2D eigenvalue weighted by Gasteiger charge is 2.13. The van der Waals surface area contributed by atoms with Crippen LogP contribution in [0.25, 0.3) is 78.1 Å². The molecule has 0 N–H and O–H groups in total. The first-order valence-corrected chi connectivity index (χ1v) is 15.4. The third kappa shape index (κ3) is 5.47. The van der Waals surface area contributed by atoms with Gasteiger partial charge < -0.3 is 0 Å². The molecule has 8 rings (SSSR count). The quantitative estimate of drug-likeness (QED) is 0.194. The van der Waals surface area contributed by atoms with Crippen LogP contribution in [0.5, 0.6) is 0 Å². The molecule has 46 heavy (non-hydrogen) atoms. The molecular formula is C43H29N3. The Balaban J connectivity index is 1.20. The lowest BCUT2D eigenvalue weighted by atomic mass is 9.97. The zero-order chi connectivity index (χ0) is 30.7. The van der Waals surface area contributed by atoms with Gasteiger partial charge in [-0.15, -0.1) is 0 Å². The molecular weight excluding hydrogens is 558 g/mol. The van der Waals surface area contributed by atoms with Crippen LogP contribution in [-0.4, -0.2) is 15.0 Å². The molecule has 2 heterocycles. The SMILES string of the molecule is c1ccc(-c2cc(-c3cccc(-c4cccc(-c5cccnc5)c4)c3)nc(-c3ccc(-c4cccc5ccccc45)cc3)n2)cc1. The van der Waals surface area contributed by atoms with Gasteiger partial charge in [0.25, 0.3) is 0 Å². The maximum atomic E-state index is 5.13. The van der Waals surface area contributed by atoms with Crippen LogP contribution in [0.3, 0.4) is 0 Å². The number of benzene rings is 6. The van der Waals surface area contributed by atoms with Crippen molar-refractivity contribution in [2.24, 2.45) is 0 Å². The van der Waals surface area contributed by atoms with Crippen molar-refractivity contribution in [3.63, 3.8) is 0 Å². The first kappa shape index (κ1) is 27.4. The fourth-order valence-electron chi connectivity index (χ4n) is 6.03. The molecule has 0 spiro atoms. The summed E-state index contributed by atoms with van der Waals surface area (Å²) in [6.45, 7) is 0. The Bertz CT molecular complexity index is 2290. The van der Waals surface area contributed by atoms with Gasteiger partial charge in [0.05, 0.1) is 11.4 Å². The van der Waals surface area contributed by atoms with Crippen molar-refractivity contribution in [2.75, 3.05) is 0 Å². The van der Waals surface area contributed by atoms with Crippen LogP contribution in [0.4, 0.5) is 0 Å². The summed E-state index contributed by atoms with van der Waals surface area (Å²) in [5, 5.41) is 2.48. The Labute approximate surface area is 268 Å². The van der Waals surface area contributed by atoms with Gasteiger partial charge in [-0.3, -0.25) is 4.98 Å². The molecule has 0 radical (unpaired) electrons. The largest absolute Gasteiger partial charge is 0.264 e. The molecule has 216 valence electrons. The van der Waals surface area contributed by atoms with E-state index in [4.69, 9.17) is 9.97 Å². The predicted molar refractivity (Wildman–Crippen MR) is 190 cm³/mol. The second-order valence-electron chi connectivity index (χ2n) is 11.3. The lowest BCUT2D eigenvalue weighted by Crippen LogP contribution is -1.96. The Hall–Kier alpha value is -6.19. The molecule has 0 saturated carbocycles. The number of hydrogen-bond donors (Lipinski definition) is 0. The van der Waals surface area contributed by atoms with E-state index >= 15 is 0 Å². The Morgan fingerprint density at radius 2 is 0.913 bits per heavy atom. The average molecular weight is 588 g/mol. The standard InChI is InChI=1S/C43H29N3/c1-2-11-32(12-3-1)41-28-42(37-17-7-15-35(27-37)34-14-6-16-36(26-34)38-18-9-25-44-29-38)46-43(45-41)33-23-21-31(22-24-33)40-20-8-13-30-10-4-5-19-39(30)40/h1-29H. The van der Waals surface area contributed by atoms with Crippen LogP contribution in [0.1, 0.15) is 0 Å². The molecule has 0 saturated heterocycles. The van der Waals surface area contributed by atoms with Crippen LogP contribution in [0.15, 0.2) is 176 Å². The summed E-state index contributed by atoms with van der Waals surface area (Å²) in [5.41, 5.74) is 11.7. The van der Waals surface area contributed by atoms with Crippen molar-refractivity contribution in [3.8, 4) is 67.3 Å². The van der Waals surface area contributed by atoms with Crippen molar-refractivity contribution in [1.29, 1.82) is 0 Å². The zero-order valence-corrected chi connectivity index (χ0v) is 25.1. The van der Waals surface area contributed by atoms with Crippen LogP contribution in [-0.2, 0) is 0 Å². The van der Waals surface area contributed by atoms with Gasteiger partial charge in [-0.1, -0.05) is 140 Å². The summed E-state index contributed by atoms with van der Waals surface area (Å²) in [6, 6.07) is 57.2. The molecule has 0 aliphatic heterocycles. The fourth-order valence-corrected chi connectivity index (χ4v) is 6.03. The van der Waals surface area contributed by atoms with Gasteiger partial charge in [0.1, 0.15) is 0 Å². The molecule has 0 aliphatic rings. The number of rotatable bonds is 6. The van der Waals surface area contributed by atoms with E-state index in [9.17, 15) is 0 Å². The molecule has 0 fully saturated rings. The maximum Gasteiger partial charge on any atom is 0.160 e. The summed E-state index contributed by atoms with van der Waals surface area (Å²) in [5.74, 6) is 0.699. The number of nitrogens with zero attached hydrogens (tertiary/aromatic N) is 3. The van der Waals surface area contributed by atoms with E-state index < -0.39 is 0 Å². The van der Waals surface area contributed by atoms with E-state index in [1.807, 2.05) is 30.5 Å². The van der Waals surface area contributed by atoms with E-state index in [0.29, 0.717) is 5.82 Å². The molecule has 3 nitrogen and oxygen atoms in total. The average Bonchev–Trinajstić information content (AvgIpc) is 3.15. The number of aromatic nitrogens is 3. The normalized spacial score (nSPS) is 11.0. The van der Waals surface area contributed by atoms with Gasteiger partial charge in [0.15, 0.2) is 5.82 Å². The highest BCUT2D eigenvalue weighted by molar-refractivity contribution is 5.96. The fraction of sp³-hybridized carbons (Fsp3) is 0. The van der Waals surface area contributed by atoms with Crippen molar-refractivity contribution in [3.05, 3.63) is 176 Å². The smallest absolute Gasteiger partial charge is 0.160 e. The van der Waals surface area contributed by atoms with E-state index in [0.717, 1.165) is 50.3 Å². The Morgan fingerprint density at radius 1 is 0.348 bits per heavy atom. The maximum absolute atomic E-state index is 5.13. The Kier molecular flexibility index (Phi) is 7.18. The molecule has 2 aromatic heterocycles. The Morgan fingerprint density at radius 3 is 1.67 bits per heavy atom. The summed E-state index contributed by atoms with van der Waals surface area (Å²) in [4.78, 5) is 14.5. The molecule has 3 heteroatoms. The van der Waals surface area contributed by atoms with Crippen molar-refractivity contribution >= 4 is 10.8 Å². The monoisotopic (exact) mass is 587 g/mol. The minimum atomic E-state index is 0.699. The second-order valence-corrected chi connectivity index (χ2v) is 11.3. The van der Waals surface area contributed by atoms with Crippen molar-refractivity contribution < 1.29 is 0 Å². The summed E-state index contributed by atoms with van der Waals surface area (Å²) in [7, 11) is 0. The molecule has 0 amide bonds. The van der Waals surface area contributed by atoms with Crippen molar-refractivity contribution in [2.45, 2.75) is 0 Å². The van der Waals surface area contributed by atoms with Gasteiger partial charge in [0, 0.05) is 34.6 Å². The van der Waals surface area contributed by atoms with Gasteiger partial charge in [-0.2, -0.15) is 0 Å². The summed E-state index contributed by atoms with van der Waals surface area (Å²) in [6.07, 6.45) is 3.70. The third-order valence-electron chi connectivity index (χ3n) is 8.39. The topological polar surface area (TPSA) is 38.7 Å². The minimum absolute atomic E-state index is 0.699. The summed E-state index contributed by atoms with van der Waals surface area (Å²) < 4.78 is 0. The molecule has 6 aromatic carbocycles. The van der Waals surface area contributed by atoms with E-state index in [1.54, 1.807) is 6.20 Å². The second kappa shape index (κ2) is 12.1. The summed E-state index contributed by atoms with van der Waals surface area (Å²) >= 11 is 0. The van der Waals surface area contributed by atoms with E-state index in [-0.39, 0.29) is 0 Å². The van der Waals surface area contributed by atoms with Crippen LogP contribution in [0.2, 0.25) is 0 Å². The zero-order valence-electron chi connectivity index (χ0n) is 25.1. The lowest BCUT2D eigenvalue weighted by Gasteiger charge is -2.12. The van der Waals surface area contributed by atoms with Gasteiger partial charge in [0.2, 0.25) is 0 Å². The van der Waals surface area contributed by atoms with Crippen LogP contribution >= 0.6 is 0 Å². The van der Waals surface area contributed by atoms with Crippen LogP contribution in [0, 0.1) is 0 Å². The number of pyridine rings is 1. The molecule has 0 aliphatic carbocycles. The van der Waals surface area contributed by atoms with Crippen molar-refractivity contribution in [1.82, 2.24) is 15.0 Å². The predicted octanol–water partition coefficient (Wildman–Crippen LogP) is 11.0. The van der Waals surface area contributed by atoms with E-state index in [1.165, 1.54) is 21.9 Å². The van der Waals surface area contributed by atoms with Gasteiger partial charge in [-0.25, -0.2) is 9.97 Å². The lowest BCUT2D eigenvalue weighted by molar-refractivity contribution is 1.18. The first-order chi connectivity index (χ1) is 22.8. The van der Waals surface area contributed by atoms with E-state index in [2.05, 4.69) is 145 Å². The molecule has 0 bridgehead atoms. The number of hydrogen-bond acceptors (Lipinski definition) is 3. The first-order valence-electron chi connectivity index (χ1n) is 15.4. The third-order valence-corrected chi connectivity index (χ3v) is 8.39. The van der Waals surface area contributed by atoms with Gasteiger partial charge in [-0.05, 0) is 62.9 Å². The number of fused-ring (bicyclic) bond motifs is 1.